The summed E-state index contributed by atoms with van der Waals surface area (Å²) in [6.45, 7) is 2.18. The van der Waals surface area contributed by atoms with Gasteiger partial charge >= 0.3 is 0 Å². The molecule has 0 unspecified atom stereocenters. The second-order valence-electron chi connectivity index (χ2n) is 7.56. The number of H-pyrrole nitrogens is 1. The summed E-state index contributed by atoms with van der Waals surface area (Å²) in [4.78, 5) is 18.6. The van der Waals surface area contributed by atoms with E-state index in [0.717, 1.165) is 22.2 Å². The van der Waals surface area contributed by atoms with E-state index in [1.54, 1.807) is 35.2 Å². The van der Waals surface area contributed by atoms with Crippen LogP contribution in [0.5, 0.6) is 0 Å². The first-order chi connectivity index (χ1) is 14.4. The molecule has 1 amide bonds. The fraction of sp³-hybridized carbons (Fsp3) is 0.125. The molecule has 0 fully saturated rings. The fourth-order valence-electron chi connectivity index (χ4n) is 4.37. The molecule has 1 atom stereocenters. The first-order valence-corrected chi connectivity index (χ1v) is 10.3. The molecule has 0 saturated heterocycles. The van der Waals surface area contributed by atoms with E-state index in [-0.39, 0.29) is 0 Å². The van der Waals surface area contributed by atoms with Crippen molar-refractivity contribution in [2.24, 2.45) is 0 Å². The third-order valence-electron chi connectivity index (χ3n) is 5.70. The highest BCUT2D eigenvalue weighted by molar-refractivity contribution is 6.31. The lowest BCUT2D eigenvalue weighted by molar-refractivity contribution is -0.132. The molecule has 0 aliphatic carbocycles. The molecular weight excluding hydrogens is 419 g/mol. The molecule has 5 rings (SSSR count). The first kappa shape index (κ1) is 19.2. The average molecular weight is 437 g/mol. The Morgan fingerprint density at radius 2 is 1.70 bits per heavy atom. The zero-order valence-electron chi connectivity index (χ0n) is 16.1. The van der Waals surface area contributed by atoms with Crippen LogP contribution >= 0.6 is 23.2 Å². The van der Waals surface area contributed by atoms with E-state index in [1.165, 1.54) is 0 Å². The van der Waals surface area contributed by atoms with Gasteiger partial charge in [-0.15, -0.1) is 0 Å². The number of aryl methyl sites for hydroxylation is 1. The zero-order valence-corrected chi connectivity index (χ0v) is 17.6. The Labute approximate surface area is 183 Å². The molecule has 2 N–H and O–H groups in total. The Kier molecular flexibility index (Phi) is 4.40. The molecule has 1 aliphatic rings. The van der Waals surface area contributed by atoms with E-state index in [9.17, 15) is 9.90 Å². The highest BCUT2D eigenvalue weighted by Gasteiger charge is 2.53. The lowest BCUT2D eigenvalue weighted by Gasteiger charge is -2.24. The number of halogens is 2. The Hall–Kier alpha value is -2.79. The van der Waals surface area contributed by atoms with Gasteiger partial charge < -0.3 is 15.0 Å². The van der Waals surface area contributed by atoms with E-state index in [1.807, 2.05) is 43.3 Å². The fourth-order valence-corrected chi connectivity index (χ4v) is 4.67. The van der Waals surface area contributed by atoms with Crippen molar-refractivity contribution in [2.75, 3.05) is 4.90 Å². The monoisotopic (exact) mass is 436 g/mol. The molecule has 3 aromatic carbocycles. The number of amides is 1. The van der Waals surface area contributed by atoms with Crippen LogP contribution in [0, 0.1) is 6.92 Å². The minimum Gasteiger partial charge on any atom is -0.372 e. The number of aromatic nitrogens is 1. The molecule has 0 radical (unpaired) electrons. The minimum absolute atomic E-state index is 0.314. The Morgan fingerprint density at radius 3 is 2.47 bits per heavy atom. The Morgan fingerprint density at radius 1 is 1.00 bits per heavy atom. The van der Waals surface area contributed by atoms with E-state index in [4.69, 9.17) is 23.2 Å². The van der Waals surface area contributed by atoms with Gasteiger partial charge in [-0.05, 0) is 48.9 Å². The van der Waals surface area contributed by atoms with Crippen molar-refractivity contribution in [1.82, 2.24) is 4.98 Å². The highest BCUT2D eigenvalue weighted by atomic mass is 35.5. The summed E-state index contributed by atoms with van der Waals surface area (Å²) in [5.74, 6) is -0.400. The number of rotatable bonds is 3. The van der Waals surface area contributed by atoms with Crippen LogP contribution in [0.25, 0.3) is 10.9 Å². The third-order valence-corrected chi connectivity index (χ3v) is 6.19. The molecular formula is C24H18Cl2N2O2. The lowest BCUT2D eigenvalue weighted by Crippen LogP contribution is -2.41. The topological polar surface area (TPSA) is 56.3 Å². The van der Waals surface area contributed by atoms with Crippen molar-refractivity contribution < 1.29 is 9.90 Å². The molecule has 150 valence electrons. The van der Waals surface area contributed by atoms with Crippen molar-refractivity contribution in [3.63, 3.8) is 0 Å². The van der Waals surface area contributed by atoms with Crippen LogP contribution in [0.4, 0.5) is 5.69 Å². The summed E-state index contributed by atoms with van der Waals surface area (Å²) in [6, 6.07) is 20.2. The number of nitrogens with one attached hydrogen (secondary N) is 1. The van der Waals surface area contributed by atoms with Crippen LogP contribution in [0.2, 0.25) is 10.0 Å². The highest BCUT2D eigenvalue weighted by Crippen LogP contribution is 2.48. The van der Waals surface area contributed by atoms with Crippen LogP contribution in [-0.4, -0.2) is 16.0 Å². The van der Waals surface area contributed by atoms with Crippen LogP contribution in [0.1, 0.15) is 22.4 Å². The number of aliphatic hydroxyl groups is 1. The maximum absolute atomic E-state index is 13.8. The largest absolute Gasteiger partial charge is 0.372 e. The number of carbonyl (C=O) groups is 1. The lowest BCUT2D eigenvalue weighted by atomic mass is 9.85. The number of fused-ring (bicyclic) bond motifs is 2. The number of anilines is 1. The molecule has 1 aromatic heterocycles. The third kappa shape index (κ3) is 2.76. The quantitative estimate of drug-likeness (QED) is 0.441. The van der Waals surface area contributed by atoms with Gasteiger partial charge in [0.2, 0.25) is 0 Å². The van der Waals surface area contributed by atoms with Gasteiger partial charge in [-0.25, -0.2) is 0 Å². The summed E-state index contributed by atoms with van der Waals surface area (Å²) < 4.78 is 0. The number of nitrogens with zero attached hydrogens (tertiary/aromatic N) is 1. The number of carbonyl (C=O) groups excluding carboxylic acids is 1. The average Bonchev–Trinajstić information content (AvgIpc) is 3.17. The number of hydrogen-bond donors (Lipinski definition) is 2. The summed E-state index contributed by atoms with van der Waals surface area (Å²) in [5.41, 5.74) is 2.38. The SMILES string of the molecule is Cc1[nH]c2ccccc2c1[C@@]1(O)C(=O)N(Cc2ccc(Cl)cc2)c2ccc(Cl)cc21. The molecule has 0 saturated carbocycles. The molecule has 30 heavy (non-hydrogen) atoms. The standard InChI is InChI=1S/C24H18Cl2N2O2/c1-14-22(18-4-2-3-5-20(18)27-14)24(30)19-12-17(26)10-11-21(19)28(23(24)29)13-15-6-8-16(25)9-7-15/h2-12,27,30H,13H2,1H3/t24-/m1/s1. The van der Waals surface area contributed by atoms with Gasteiger partial charge in [-0.1, -0.05) is 53.5 Å². The van der Waals surface area contributed by atoms with E-state index >= 15 is 0 Å². The summed E-state index contributed by atoms with van der Waals surface area (Å²) in [6.07, 6.45) is 0. The van der Waals surface area contributed by atoms with Gasteiger partial charge in [0.15, 0.2) is 5.60 Å². The van der Waals surface area contributed by atoms with E-state index in [2.05, 4.69) is 4.98 Å². The van der Waals surface area contributed by atoms with Crippen molar-refractivity contribution >= 4 is 45.7 Å². The van der Waals surface area contributed by atoms with Crippen LogP contribution in [0.3, 0.4) is 0 Å². The molecule has 2 heterocycles. The molecule has 4 aromatic rings. The van der Waals surface area contributed by atoms with Gasteiger partial charge in [0.25, 0.3) is 5.91 Å². The van der Waals surface area contributed by atoms with Crippen molar-refractivity contribution in [1.29, 1.82) is 0 Å². The summed E-state index contributed by atoms with van der Waals surface area (Å²) in [7, 11) is 0. The number of benzene rings is 3. The Balaban J connectivity index is 1.71. The van der Waals surface area contributed by atoms with Gasteiger partial charge in [-0.3, -0.25) is 4.79 Å². The van der Waals surface area contributed by atoms with Crippen molar-refractivity contribution in [2.45, 2.75) is 19.1 Å². The number of hydrogen-bond acceptors (Lipinski definition) is 2. The molecule has 1 aliphatic heterocycles. The number of aromatic amines is 1. The van der Waals surface area contributed by atoms with Crippen molar-refractivity contribution in [3.05, 3.63) is 99.2 Å². The van der Waals surface area contributed by atoms with Gasteiger partial charge in [-0.2, -0.15) is 0 Å². The molecule has 6 heteroatoms. The number of para-hydroxylation sites is 1. The van der Waals surface area contributed by atoms with Crippen LogP contribution in [-0.2, 0) is 16.9 Å². The molecule has 0 spiro atoms. The van der Waals surface area contributed by atoms with Gasteiger partial charge in [0.05, 0.1) is 12.2 Å². The predicted octanol–water partition coefficient (Wildman–Crippen LogP) is 5.57. The summed E-state index contributed by atoms with van der Waals surface area (Å²) in [5, 5.41) is 13.9. The summed E-state index contributed by atoms with van der Waals surface area (Å²) >= 11 is 12.3. The smallest absolute Gasteiger partial charge is 0.268 e. The Bertz CT molecular complexity index is 1300. The van der Waals surface area contributed by atoms with Gasteiger partial charge in [0, 0.05) is 37.8 Å². The minimum atomic E-state index is -1.84. The second kappa shape index (κ2) is 6.88. The normalized spacial score (nSPS) is 18.3. The second-order valence-corrected chi connectivity index (χ2v) is 8.43. The van der Waals surface area contributed by atoms with Crippen molar-refractivity contribution in [3.8, 4) is 0 Å². The van der Waals surface area contributed by atoms with Crippen LogP contribution < -0.4 is 4.90 Å². The van der Waals surface area contributed by atoms with Gasteiger partial charge in [0.1, 0.15) is 0 Å². The first-order valence-electron chi connectivity index (χ1n) is 9.56. The van der Waals surface area contributed by atoms with E-state index < -0.39 is 11.5 Å². The zero-order chi connectivity index (χ0) is 21.0. The van der Waals surface area contributed by atoms with Crippen LogP contribution in [0.15, 0.2) is 66.7 Å². The molecule has 0 bridgehead atoms. The predicted molar refractivity (Wildman–Crippen MR) is 120 cm³/mol. The maximum Gasteiger partial charge on any atom is 0.268 e. The molecule has 4 nitrogen and oxygen atoms in total. The van der Waals surface area contributed by atoms with E-state index in [0.29, 0.717) is 33.4 Å². The maximum atomic E-state index is 13.8.